The summed E-state index contributed by atoms with van der Waals surface area (Å²) in [6.45, 7) is 1.21. The van der Waals surface area contributed by atoms with Gasteiger partial charge in [0.15, 0.2) is 11.5 Å². The highest BCUT2D eigenvalue weighted by Crippen LogP contribution is 2.42. The quantitative estimate of drug-likeness (QED) is 0.647. The third kappa shape index (κ3) is 3.69. The van der Waals surface area contributed by atoms with Crippen molar-refractivity contribution in [3.63, 3.8) is 0 Å². The molecule has 2 atom stereocenters. The first-order valence-corrected chi connectivity index (χ1v) is 9.40. The van der Waals surface area contributed by atoms with Gasteiger partial charge in [0, 0.05) is 12.0 Å². The van der Waals surface area contributed by atoms with Crippen LogP contribution in [0.15, 0.2) is 78.9 Å². The molecule has 0 fully saturated rings. The van der Waals surface area contributed by atoms with Crippen LogP contribution in [-0.4, -0.2) is 32.2 Å². The number of rotatable bonds is 5. The zero-order valence-electron chi connectivity index (χ0n) is 15.8. The van der Waals surface area contributed by atoms with Crippen molar-refractivity contribution in [3.8, 4) is 11.5 Å². The van der Waals surface area contributed by atoms with E-state index in [-0.39, 0.29) is 12.0 Å². The Balaban J connectivity index is 1.84. The second-order valence-corrected chi connectivity index (χ2v) is 7.11. The van der Waals surface area contributed by atoms with E-state index in [0.717, 1.165) is 11.5 Å². The molecule has 3 heteroatoms. The van der Waals surface area contributed by atoms with Crippen LogP contribution in [0.1, 0.15) is 28.7 Å². The zero-order valence-corrected chi connectivity index (χ0v) is 15.8. The predicted octanol–water partition coefficient (Wildman–Crippen LogP) is 4.89. The lowest BCUT2D eigenvalue weighted by Gasteiger charge is -2.34. The molecule has 138 valence electrons. The molecule has 0 aliphatic carbocycles. The molecule has 0 aromatic heterocycles. The van der Waals surface area contributed by atoms with Gasteiger partial charge in [-0.1, -0.05) is 66.7 Å². The Bertz CT molecular complexity index is 877. The fourth-order valence-electron chi connectivity index (χ4n) is 3.91. The fourth-order valence-corrected chi connectivity index (χ4v) is 3.91. The number of likely N-dealkylation sites (N-methyl/N-ethyl adjacent to an activating group) is 1. The van der Waals surface area contributed by atoms with Gasteiger partial charge in [0.1, 0.15) is 13.2 Å². The van der Waals surface area contributed by atoms with E-state index in [9.17, 15) is 0 Å². The summed E-state index contributed by atoms with van der Waals surface area (Å²) < 4.78 is 11.6. The van der Waals surface area contributed by atoms with Gasteiger partial charge in [0.25, 0.3) is 0 Å². The first-order chi connectivity index (χ1) is 13.2. The molecule has 27 heavy (non-hydrogen) atoms. The summed E-state index contributed by atoms with van der Waals surface area (Å²) >= 11 is 0. The molecule has 0 saturated heterocycles. The molecule has 1 heterocycles. The highest BCUT2D eigenvalue weighted by atomic mass is 16.6. The lowest BCUT2D eigenvalue weighted by Crippen LogP contribution is -2.27. The van der Waals surface area contributed by atoms with Crippen molar-refractivity contribution in [2.75, 3.05) is 27.3 Å². The molecule has 0 amide bonds. The van der Waals surface area contributed by atoms with Crippen LogP contribution in [-0.2, 0) is 0 Å². The maximum Gasteiger partial charge on any atom is 0.161 e. The maximum absolute atomic E-state index is 5.86. The summed E-state index contributed by atoms with van der Waals surface area (Å²) in [7, 11) is 4.29. The Hall–Kier alpha value is -2.78. The van der Waals surface area contributed by atoms with Gasteiger partial charge in [-0.2, -0.15) is 0 Å². The van der Waals surface area contributed by atoms with Gasteiger partial charge in [-0.25, -0.2) is 0 Å². The fraction of sp³-hybridized carbons (Fsp3) is 0.250. The molecule has 3 nitrogen and oxygen atoms in total. The van der Waals surface area contributed by atoms with Crippen LogP contribution in [0.5, 0.6) is 11.5 Å². The molecular weight excluding hydrogens is 334 g/mol. The normalized spacial score (nSPS) is 15.4. The first kappa shape index (κ1) is 17.6. The molecule has 1 aliphatic heterocycles. The summed E-state index contributed by atoms with van der Waals surface area (Å²) in [5.41, 5.74) is 3.82. The van der Waals surface area contributed by atoms with Crippen molar-refractivity contribution >= 4 is 0 Å². The Morgan fingerprint density at radius 2 is 1.26 bits per heavy atom. The summed E-state index contributed by atoms with van der Waals surface area (Å²) in [6.07, 6.45) is 0. The van der Waals surface area contributed by atoms with Crippen LogP contribution in [0.3, 0.4) is 0 Å². The number of benzene rings is 3. The lowest BCUT2D eigenvalue weighted by molar-refractivity contribution is 0.171. The van der Waals surface area contributed by atoms with Gasteiger partial charge in [0.2, 0.25) is 0 Å². The second kappa shape index (κ2) is 7.85. The van der Waals surface area contributed by atoms with E-state index in [2.05, 4.69) is 91.8 Å². The van der Waals surface area contributed by atoms with Gasteiger partial charge >= 0.3 is 0 Å². The van der Waals surface area contributed by atoms with Crippen molar-refractivity contribution in [3.05, 3.63) is 95.6 Å². The van der Waals surface area contributed by atoms with Crippen molar-refractivity contribution in [1.29, 1.82) is 0 Å². The molecule has 0 radical (unpaired) electrons. The number of fused-ring (bicyclic) bond motifs is 1. The average molecular weight is 359 g/mol. The Kier molecular flexibility index (Phi) is 5.12. The van der Waals surface area contributed by atoms with E-state index in [1.807, 2.05) is 6.07 Å². The van der Waals surface area contributed by atoms with E-state index in [1.54, 1.807) is 0 Å². The molecule has 1 aliphatic rings. The van der Waals surface area contributed by atoms with Gasteiger partial charge in [-0.3, -0.25) is 0 Å². The maximum atomic E-state index is 5.86. The summed E-state index contributed by atoms with van der Waals surface area (Å²) in [5, 5.41) is 0. The third-order valence-corrected chi connectivity index (χ3v) is 5.10. The van der Waals surface area contributed by atoms with Crippen LogP contribution < -0.4 is 9.47 Å². The highest BCUT2D eigenvalue weighted by Gasteiger charge is 2.29. The van der Waals surface area contributed by atoms with E-state index in [1.165, 1.54) is 16.7 Å². The molecule has 0 spiro atoms. The molecule has 3 aromatic carbocycles. The Morgan fingerprint density at radius 3 is 1.89 bits per heavy atom. The van der Waals surface area contributed by atoms with Crippen molar-refractivity contribution < 1.29 is 9.47 Å². The molecule has 0 bridgehead atoms. The molecule has 4 rings (SSSR count). The SMILES string of the molecule is CN(C)C(c1ccccc1)C(c1ccccc1)c1ccc2c(c1)OCCO2. The molecule has 3 aromatic rings. The number of ether oxygens (including phenoxy) is 2. The van der Waals surface area contributed by atoms with Gasteiger partial charge in [0.05, 0.1) is 0 Å². The van der Waals surface area contributed by atoms with Crippen LogP contribution >= 0.6 is 0 Å². The minimum Gasteiger partial charge on any atom is -0.486 e. The Labute approximate surface area is 161 Å². The van der Waals surface area contributed by atoms with Crippen molar-refractivity contribution in [2.45, 2.75) is 12.0 Å². The molecule has 0 N–H and O–H groups in total. The number of hydrogen-bond donors (Lipinski definition) is 0. The van der Waals surface area contributed by atoms with Crippen LogP contribution in [0.2, 0.25) is 0 Å². The number of nitrogens with zero attached hydrogens (tertiary/aromatic N) is 1. The zero-order chi connectivity index (χ0) is 18.6. The van der Waals surface area contributed by atoms with Crippen LogP contribution in [0.25, 0.3) is 0 Å². The summed E-state index contributed by atoms with van der Waals surface area (Å²) in [5.74, 6) is 1.85. The van der Waals surface area contributed by atoms with E-state index < -0.39 is 0 Å². The summed E-state index contributed by atoms with van der Waals surface area (Å²) in [6, 6.07) is 28.0. The predicted molar refractivity (Wildman–Crippen MR) is 109 cm³/mol. The van der Waals surface area contributed by atoms with Gasteiger partial charge in [-0.05, 0) is 42.9 Å². The van der Waals surface area contributed by atoms with E-state index in [4.69, 9.17) is 9.47 Å². The van der Waals surface area contributed by atoms with Gasteiger partial charge in [-0.15, -0.1) is 0 Å². The molecule has 0 saturated carbocycles. The van der Waals surface area contributed by atoms with Crippen molar-refractivity contribution in [2.24, 2.45) is 0 Å². The lowest BCUT2D eigenvalue weighted by atomic mass is 9.81. The molecular formula is C24H25NO2. The standard InChI is InChI=1S/C24H25NO2/c1-25(2)24(19-11-7-4-8-12-19)23(18-9-5-3-6-10-18)20-13-14-21-22(17-20)27-16-15-26-21/h3-14,17,23-24H,15-16H2,1-2H3. The summed E-state index contributed by atoms with van der Waals surface area (Å²) in [4.78, 5) is 2.30. The van der Waals surface area contributed by atoms with Crippen LogP contribution in [0, 0.1) is 0 Å². The van der Waals surface area contributed by atoms with E-state index >= 15 is 0 Å². The monoisotopic (exact) mass is 359 g/mol. The Morgan fingerprint density at radius 1 is 0.667 bits per heavy atom. The highest BCUT2D eigenvalue weighted by molar-refractivity contribution is 5.48. The van der Waals surface area contributed by atoms with Gasteiger partial charge < -0.3 is 14.4 Å². The van der Waals surface area contributed by atoms with Crippen LogP contribution in [0.4, 0.5) is 0 Å². The minimum atomic E-state index is 0.180. The topological polar surface area (TPSA) is 21.7 Å². The first-order valence-electron chi connectivity index (χ1n) is 9.40. The third-order valence-electron chi connectivity index (χ3n) is 5.10. The largest absolute Gasteiger partial charge is 0.486 e. The minimum absolute atomic E-state index is 0.180. The van der Waals surface area contributed by atoms with Crippen molar-refractivity contribution in [1.82, 2.24) is 4.90 Å². The molecule has 2 unspecified atom stereocenters. The second-order valence-electron chi connectivity index (χ2n) is 7.11. The average Bonchev–Trinajstić information content (AvgIpc) is 2.72. The smallest absolute Gasteiger partial charge is 0.161 e. The number of hydrogen-bond acceptors (Lipinski definition) is 3. The van der Waals surface area contributed by atoms with E-state index in [0.29, 0.717) is 13.2 Å².